The first-order valence-corrected chi connectivity index (χ1v) is 9.96. The number of amides is 1. The highest BCUT2D eigenvalue weighted by atomic mass is 35.5. The molecule has 2 rings (SSSR count). The molecule has 0 radical (unpaired) electrons. The van der Waals surface area contributed by atoms with Crippen molar-refractivity contribution in [2.75, 3.05) is 6.61 Å². The number of benzene rings is 2. The van der Waals surface area contributed by atoms with Crippen LogP contribution in [0.3, 0.4) is 0 Å². The highest BCUT2D eigenvalue weighted by Crippen LogP contribution is 2.16. The predicted molar refractivity (Wildman–Crippen MR) is 101 cm³/mol. The summed E-state index contributed by atoms with van der Waals surface area (Å²) in [5, 5.41) is 3.21. The second-order valence-electron chi connectivity index (χ2n) is 5.56. The molecule has 2 N–H and O–H groups in total. The quantitative estimate of drug-likeness (QED) is 0.718. The van der Waals surface area contributed by atoms with Gasteiger partial charge in [0.15, 0.2) is 0 Å². The topological polar surface area (TPSA) is 84.5 Å². The summed E-state index contributed by atoms with van der Waals surface area (Å²) in [6, 6.07) is 12.2. The number of rotatable bonds is 8. The molecule has 0 aliphatic carbocycles. The van der Waals surface area contributed by atoms with E-state index in [1.165, 1.54) is 19.1 Å². The predicted octanol–water partition coefficient (Wildman–Crippen LogP) is 2.72. The lowest BCUT2D eigenvalue weighted by Crippen LogP contribution is -2.44. The van der Waals surface area contributed by atoms with Crippen molar-refractivity contribution in [1.82, 2.24) is 10.0 Å². The number of nitrogens with one attached hydrogen (secondary N) is 2. The van der Waals surface area contributed by atoms with E-state index in [-0.39, 0.29) is 11.4 Å². The van der Waals surface area contributed by atoms with Gasteiger partial charge >= 0.3 is 0 Å². The molecule has 0 aromatic heterocycles. The van der Waals surface area contributed by atoms with Gasteiger partial charge in [-0.05, 0) is 49.7 Å². The van der Waals surface area contributed by atoms with Crippen molar-refractivity contribution in [2.45, 2.75) is 31.3 Å². The maximum absolute atomic E-state index is 12.4. The third-order valence-corrected chi connectivity index (χ3v) is 5.51. The van der Waals surface area contributed by atoms with E-state index in [0.717, 1.165) is 5.56 Å². The van der Waals surface area contributed by atoms with Crippen molar-refractivity contribution < 1.29 is 17.9 Å². The smallest absolute Gasteiger partial charge is 0.241 e. The van der Waals surface area contributed by atoms with Gasteiger partial charge in [0.25, 0.3) is 0 Å². The van der Waals surface area contributed by atoms with Crippen LogP contribution < -0.4 is 14.8 Å². The van der Waals surface area contributed by atoms with Gasteiger partial charge < -0.3 is 10.1 Å². The van der Waals surface area contributed by atoms with Gasteiger partial charge in [0.1, 0.15) is 5.75 Å². The van der Waals surface area contributed by atoms with Gasteiger partial charge in [0.2, 0.25) is 15.9 Å². The molecule has 140 valence electrons. The molecule has 0 saturated heterocycles. The number of hydrogen-bond acceptors (Lipinski definition) is 4. The van der Waals surface area contributed by atoms with Gasteiger partial charge in [0, 0.05) is 11.6 Å². The minimum atomic E-state index is -3.82. The Hall–Kier alpha value is -2.09. The molecule has 0 spiro atoms. The Kier molecular flexibility index (Phi) is 7.02. The zero-order chi connectivity index (χ0) is 19.2. The van der Waals surface area contributed by atoms with E-state index in [1.54, 1.807) is 30.3 Å². The third kappa shape index (κ3) is 5.45. The fraction of sp³-hybridized carbons (Fsp3) is 0.278. The van der Waals surface area contributed by atoms with E-state index in [4.69, 9.17) is 16.3 Å². The Balaban J connectivity index is 1.97. The van der Waals surface area contributed by atoms with Crippen LogP contribution in [0.4, 0.5) is 0 Å². The Morgan fingerprint density at radius 1 is 1.15 bits per heavy atom. The molecule has 2 aromatic rings. The minimum Gasteiger partial charge on any atom is -0.494 e. The van der Waals surface area contributed by atoms with Crippen molar-refractivity contribution in [2.24, 2.45) is 0 Å². The zero-order valence-electron chi connectivity index (χ0n) is 14.5. The van der Waals surface area contributed by atoms with Gasteiger partial charge in [0.05, 0.1) is 17.5 Å². The van der Waals surface area contributed by atoms with Gasteiger partial charge in [-0.2, -0.15) is 4.72 Å². The number of halogens is 1. The Morgan fingerprint density at radius 2 is 1.81 bits per heavy atom. The molecule has 0 aliphatic heterocycles. The number of carbonyl (C=O) groups is 1. The molecular weight excluding hydrogens is 376 g/mol. The maximum atomic E-state index is 12.4. The summed E-state index contributed by atoms with van der Waals surface area (Å²) in [6.07, 6.45) is 0. The minimum absolute atomic E-state index is 0.0618. The molecule has 1 amide bonds. The van der Waals surface area contributed by atoms with Crippen molar-refractivity contribution in [3.63, 3.8) is 0 Å². The van der Waals surface area contributed by atoms with Gasteiger partial charge in [-0.3, -0.25) is 4.79 Å². The van der Waals surface area contributed by atoms with Crippen LogP contribution in [0.2, 0.25) is 5.02 Å². The Morgan fingerprint density at radius 3 is 2.42 bits per heavy atom. The van der Waals surface area contributed by atoms with Crippen molar-refractivity contribution in [3.05, 3.63) is 59.1 Å². The summed E-state index contributed by atoms with van der Waals surface area (Å²) in [4.78, 5) is 12.2. The monoisotopic (exact) mass is 396 g/mol. The first-order chi connectivity index (χ1) is 12.3. The largest absolute Gasteiger partial charge is 0.494 e. The van der Waals surface area contributed by atoms with E-state index < -0.39 is 22.0 Å². The summed E-state index contributed by atoms with van der Waals surface area (Å²) in [5.41, 5.74) is 0.754. The standard InChI is InChI=1S/C18H21ClN2O4S/c1-3-25-15-8-10-16(11-9-15)26(23,24)21-13(2)18(22)20-12-14-6-4-5-7-17(14)19/h4-11,13,21H,3,12H2,1-2H3,(H,20,22)/t13-/m0/s1. The lowest BCUT2D eigenvalue weighted by atomic mass is 10.2. The first-order valence-electron chi connectivity index (χ1n) is 8.10. The van der Waals surface area contributed by atoms with Crippen molar-refractivity contribution in [3.8, 4) is 5.75 Å². The lowest BCUT2D eigenvalue weighted by Gasteiger charge is -2.15. The molecule has 26 heavy (non-hydrogen) atoms. The van der Waals surface area contributed by atoms with E-state index in [2.05, 4.69) is 10.0 Å². The van der Waals surface area contributed by atoms with Crippen LogP contribution in [0, 0.1) is 0 Å². The van der Waals surface area contributed by atoms with Crippen LogP contribution in [-0.2, 0) is 21.4 Å². The van der Waals surface area contributed by atoms with Crippen LogP contribution in [0.25, 0.3) is 0 Å². The Labute approximate surface area is 158 Å². The molecule has 0 unspecified atom stereocenters. The highest BCUT2D eigenvalue weighted by molar-refractivity contribution is 7.89. The summed E-state index contributed by atoms with van der Waals surface area (Å²) in [6.45, 7) is 4.03. The van der Waals surface area contributed by atoms with E-state index >= 15 is 0 Å². The summed E-state index contributed by atoms with van der Waals surface area (Å²) in [7, 11) is -3.82. The van der Waals surface area contributed by atoms with Crippen LogP contribution in [0.1, 0.15) is 19.4 Å². The first kappa shape index (κ1) is 20.2. The van der Waals surface area contributed by atoms with Crippen LogP contribution in [0.5, 0.6) is 5.75 Å². The number of carbonyl (C=O) groups excluding carboxylic acids is 1. The summed E-state index contributed by atoms with van der Waals surface area (Å²) in [5.74, 6) is 0.136. The zero-order valence-corrected chi connectivity index (χ0v) is 16.1. The van der Waals surface area contributed by atoms with Crippen molar-refractivity contribution in [1.29, 1.82) is 0 Å². The molecule has 0 heterocycles. The average Bonchev–Trinajstić information content (AvgIpc) is 2.61. The molecule has 6 nitrogen and oxygen atoms in total. The number of ether oxygens (including phenoxy) is 1. The number of sulfonamides is 1. The van der Waals surface area contributed by atoms with Crippen LogP contribution >= 0.6 is 11.6 Å². The fourth-order valence-electron chi connectivity index (χ4n) is 2.21. The van der Waals surface area contributed by atoms with Crippen LogP contribution in [-0.4, -0.2) is 27.0 Å². The highest BCUT2D eigenvalue weighted by Gasteiger charge is 2.22. The van der Waals surface area contributed by atoms with Crippen LogP contribution in [0.15, 0.2) is 53.4 Å². The van der Waals surface area contributed by atoms with E-state index in [0.29, 0.717) is 17.4 Å². The Bertz CT molecular complexity index is 854. The van der Waals surface area contributed by atoms with Gasteiger partial charge in [-0.15, -0.1) is 0 Å². The van der Waals surface area contributed by atoms with E-state index in [1.807, 2.05) is 13.0 Å². The summed E-state index contributed by atoms with van der Waals surface area (Å²) >= 11 is 6.04. The average molecular weight is 397 g/mol. The van der Waals surface area contributed by atoms with Gasteiger partial charge in [-0.1, -0.05) is 29.8 Å². The maximum Gasteiger partial charge on any atom is 0.241 e. The SMILES string of the molecule is CCOc1ccc(S(=O)(=O)N[C@@H](C)C(=O)NCc2ccccc2Cl)cc1. The normalized spacial score (nSPS) is 12.4. The molecule has 0 fully saturated rings. The molecule has 1 atom stereocenters. The van der Waals surface area contributed by atoms with E-state index in [9.17, 15) is 13.2 Å². The summed E-state index contributed by atoms with van der Waals surface area (Å²) < 4.78 is 32.4. The molecule has 0 aliphatic rings. The van der Waals surface area contributed by atoms with Gasteiger partial charge in [-0.25, -0.2) is 8.42 Å². The second-order valence-corrected chi connectivity index (χ2v) is 7.68. The lowest BCUT2D eigenvalue weighted by molar-refractivity contribution is -0.122. The second kappa shape index (κ2) is 9.02. The fourth-order valence-corrected chi connectivity index (χ4v) is 3.62. The molecule has 0 bridgehead atoms. The number of hydrogen-bond donors (Lipinski definition) is 2. The third-order valence-electron chi connectivity index (χ3n) is 3.58. The molecule has 0 saturated carbocycles. The molecular formula is C18H21ClN2O4S. The molecule has 8 heteroatoms. The molecule has 2 aromatic carbocycles. The van der Waals surface area contributed by atoms with Crippen molar-refractivity contribution >= 4 is 27.5 Å².